The Kier molecular flexibility index (Phi) is 3.55. The average Bonchev–Trinajstić information content (AvgIpc) is 3.49. The second-order valence-corrected chi connectivity index (χ2v) is 7.31. The highest BCUT2D eigenvalue weighted by molar-refractivity contribution is 6.01. The van der Waals surface area contributed by atoms with E-state index in [1.54, 1.807) is 23.5 Å². The molecule has 30 heavy (non-hydrogen) atoms. The highest BCUT2D eigenvalue weighted by Crippen LogP contribution is 2.37. The molecule has 1 aromatic carbocycles. The summed E-state index contributed by atoms with van der Waals surface area (Å²) >= 11 is 0. The highest BCUT2D eigenvalue weighted by Gasteiger charge is 2.37. The molecule has 0 bridgehead atoms. The van der Waals surface area contributed by atoms with Gasteiger partial charge in [0.2, 0.25) is 0 Å². The van der Waals surface area contributed by atoms with Gasteiger partial charge in [-0.1, -0.05) is 18.2 Å². The summed E-state index contributed by atoms with van der Waals surface area (Å²) in [7, 11) is 0. The van der Waals surface area contributed by atoms with Crippen molar-refractivity contribution in [3.63, 3.8) is 0 Å². The lowest BCUT2D eigenvalue weighted by Gasteiger charge is -2.33. The largest absolute Gasteiger partial charge is 0.458 e. The molecular weight excluding hydrogens is 385 g/mol. The molecule has 0 saturated carbocycles. The summed E-state index contributed by atoms with van der Waals surface area (Å²) in [6, 6.07) is 12.0. The summed E-state index contributed by atoms with van der Waals surface area (Å²) in [4.78, 5) is 22.9. The normalized spacial score (nSPS) is 16.3. The number of amides is 1. The molecular formula is C22H16FN5O2. The molecule has 1 N–H and O–H groups in total. The zero-order valence-corrected chi connectivity index (χ0v) is 15.7. The number of aromatic amines is 1. The minimum Gasteiger partial charge on any atom is -0.458 e. The Bertz CT molecular complexity index is 1380. The Morgan fingerprint density at radius 1 is 1.23 bits per heavy atom. The van der Waals surface area contributed by atoms with Crippen LogP contribution in [0.1, 0.15) is 33.5 Å². The first-order valence-corrected chi connectivity index (χ1v) is 9.64. The number of carbonyl (C=O) groups excluding carboxylic acids is 1. The van der Waals surface area contributed by atoms with Crippen LogP contribution in [0, 0.1) is 5.82 Å². The van der Waals surface area contributed by atoms with Gasteiger partial charge < -0.3 is 14.3 Å². The van der Waals surface area contributed by atoms with Crippen LogP contribution >= 0.6 is 0 Å². The smallest absolute Gasteiger partial charge is 0.258 e. The molecule has 0 fully saturated rings. The predicted octanol–water partition coefficient (Wildman–Crippen LogP) is 3.73. The Balaban J connectivity index is 1.50. The van der Waals surface area contributed by atoms with Crippen LogP contribution < -0.4 is 0 Å². The van der Waals surface area contributed by atoms with Crippen molar-refractivity contribution in [1.29, 1.82) is 0 Å². The van der Waals surface area contributed by atoms with Crippen LogP contribution in [0.4, 0.5) is 4.39 Å². The van der Waals surface area contributed by atoms with Crippen molar-refractivity contribution < 1.29 is 13.6 Å². The number of rotatable bonds is 2. The van der Waals surface area contributed by atoms with Gasteiger partial charge in [-0.3, -0.25) is 4.79 Å². The zero-order valence-electron chi connectivity index (χ0n) is 15.7. The number of halogens is 1. The van der Waals surface area contributed by atoms with Gasteiger partial charge in [-0.25, -0.2) is 13.9 Å². The maximum atomic E-state index is 14.5. The Morgan fingerprint density at radius 2 is 2.13 bits per heavy atom. The Hall–Kier alpha value is -3.94. The minimum absolute atomic E-state index is 0.165. The number of nitrogens with one attached hydrogen (secondary N) is 1. The third-order valence-corrected chi connectivity index (χ3v) is 5.62. The van der Waals surface area contributed by atoms with E-state index in [4.69, 9.17) is 4.42 Å². The number of carbonyl (C=O) groups is 1. The number of hydrogen-bond acceptors (Lipinski definition) is 4. The second-order valence-electron chi connectivity index (χ2n) is 7.31. The number of nitrogens with zero attached hydrogens (tertiary/aromatic N) is 4. The predicted molar refractivity (Wildman–Crippen MR) is 107 cm³/mol. The molecule has 5 heterocycles. The van der Waals surface area contributed by atoms with E-state index in [1.807, 2.05) is 30.3 Å². The van der Waals surface area contributed by atoms with E-state index < -0.39 is 11.9 Å². The number of pyridine rings is 1. The van der Waals surface area contributed by atoms with Crippen molar-refractivity contribution in [2.45, 2.75) is 12.5 Å². The summed E-state index contributed by atoms with van der Waals surface area (Å²) in [5, 5.41) is 5.09. The van der Waals surface area contributed by atoms with Gasteiger partial charge in [-0.05, 0) is 24.3 Å². The number of benzene rings is 1. The molecule has 148 valence electrons. The molecule has 0 spiro atoms. The van der Waals surface area contributed by atoms with Gasteiger partial charge >= 0.3 is 0 Å². The fraction of sp³-hybridized carbons (Fsp3) is 0.136. The van der Waals surface area contributed by atoms with Crippen LogP contribution in [-0.4, -0.2) is 36.9 Å². The molecule has 7 nitrogen and oxygen atoms in total. The third-order valence-electron chi connectivity index (χ3n) is 5.62. The van der Waals surface area contributed by atoms with Crippen LogP contribution in [0.5, 0.6) is 0 Å². The van der Waals surface area contributed by atoms with Crippen LogP contribution in [0.25, 0.3) is 16.5 Å². The number of fused-ring (bicyclic) bond motifs is 3. The first-order chi connectivity index (χ1) is 14.7. The molecule has 1 aliphatic rings. The van der Waals surface area contributed by atoms with Crippen molar-refractivity contribution >= 4 is 22.4 Å². The van der Waals surface area contributed by atoms with Gasteiger partial charge in [0.05, 0.1) is 23.8 Å². The molecule has 0 radical (unpaired) electrons. The van der Waals surface area contributed by atoms with E-state index in [0.29, 0.717) is 18.7 Å². The van der Waals surface area contributed by atoms with Crippen molar-refractivity contribution in [2.75, 3.05) is 6.54 Å². The van der Waals surface area contributed by atoms with E-state index in [-0.39, 0.29) is 17.0 Å². The second kappa shape index (κ2) is 6.28. The molecule has 8 heteroatoms. The molecule has 1 aliphatic heterocycles. The van der Waals surface area contributed by atoms with E-state index >= 15 is 0 Å². The molecule has 6 rings (SSSR count). The molecule has 1 amide bonds. The monoisotopic (exact) mass is 401 g/mol. The van der Waals surface area contributed by atoms with Gasteiger partial charge in [0.25, 0.3) is 5.91 Å². The summed E-state index contributed by atoms with van der Waals surface area (Å²) in [5.74, 6) is -0.181. The first-order valence-electron chi connectivity index (χ1n) is 9.64. The van der Waals surface area contributed by atoms with E-state index in [1.165, 1.54) is 16.8 Å². The number of furan rings is 1. The lowest BCUT2D eigenvalue weighted by Crippen LogP contribution is -2.40. The van der Waals surface area contributed by atoms with E-state index in [0.717, 1.165) is 22.4 Å². The van der Waals surface area contributed by atoms with Crippen LogP contribution in [0.2, 0.25) is 0 Å². The molecule has 0 saturated heterocycles. The number of para-hydroxylation sites is 1. The summed E-state index contributed by atoms with van der Waals surface area (Å²) < 4.78 is 22.0. The fourth-order valence-electron chi connectivity index (χ4n) is 4.23. The standard InChI is InChI=1S/C22H16FN5O2/c23-15-5-3-8-28-20(15)14(11-26-28)22(29)27-9-7-16-19(25-12-24-16)21(27)18-10-13-4-1-2-6-17(13)30-18/h1-6,8,10-12,21H,7,9H2,(H,24,25)/t21-/m1/s1. The van der Waals surface area contributed by atoms with Gasteiger partial charge in [0, 0.05) is 30.2 Å². The van der Waals surface area contributed by atoms with Crippen molar-refractivity contribution in [3.05, 3.63) is 89.7 Å². The molecule has 0 unspecified atom stereocenters. The molecule has 1 atom stereocenters. The third kappa shape index (κ3) is 2.40. The maximum absolute atomic E-state index is 14.5. The van der Waals surface area contributed by atoms with Gasteiger partial charge in [-0.15, -0.1) is 0 Å². The lowest BCUT2D eigenvalue weighted by atomic mass is 9.99. The lowest BCUT2D eigenvalue weighted by molar-refractivity contribution is 0.0674. The minimum atomic E-state index is -0.512. The van der Waals surface area contributed by atoms with Crippen molar-refractivity contribution in [1.82, 2.24) is 24.5 Å². The SMILES string of the molecule is O=C(c1cnn2cccc(F)c12)N1CCc2[nH]cnc2[C@H]1c1cc2ccccc2o1. The molecule has 4 aromatic heterocycles. The zero-order chi connectivity index (χ0) is 20.2. The first kappa shape index (κ1) is 17.0. The van der Waals surface area contributed by atoms with E-state index in [9.17, 15) is 9.18 Å². The quantitative estimate of drug-likeness (QED) is 0.489. The summed E-state index contributed by atoms with van der Waals surface area (Å²) in [6.07, 6.45) is 5.28. The highest BCUT2D eigenvalue weighted by atomic mass is 19.1. The average molecular weight is 401 g/mol. The Morgan fingerprint density at radius 3 is 3.03 bits per heavy atom. The van der Waals surface area contributed by atoms with Crippen LogP contribution in [0.15, 0.2) is 65.6 Å². The number of H-pyrrole nitrogens is 1. The van der Waals surface area contributed by atoms with Crippen LogP contribution in [0.3, 0.4) is 0 Å². The number of hydrogen-bond donors (Lipinski definition) is 1. The van der Waals surface area contributed by atoms with Crippen LogP contribution in [-0.2, 0) is 6.42 Å². The Labute approximate surface area is 169 Å². The maximum Gasteiger partial charge on any atom is 0.258 e. The summed E-state index contributed by atoms with van der Waals surface area (Å²) in [5.41, 5.74) is 2.83. The van der Waals surface area contributed by atoms with Crippen molar-refractivity contribution in [3.8, 4) is 0 Å². The number of imidazole rings is 1. The summed E-state index contributed by atoms with van der Waals surface area (Å²) in [6.45, 7) is 0.446. The molecule has 0 aliphatic carbocycles. The fourth-order valence-corrected chi connectivity index (χ4v) is 4.23. The number of aromatic nitrogens is 4. The van der Waals surface area contributed by atoms with Gasteiger partial charge in [-0.2, -0.15) is 5.10 Å². The van der Waals surface area contributed by atoms with Gasteiger partial charge in [0.1, 0.15) is 28.7 Å². The topological polar surface area (TPSA) is 79.4 Å². The van der Waals surface area contributed by atoms with Gasteiger partial charge in [0.15, 0.2) is 0 Å². The van der Waals surface area contributed by atoms with E-state index in [2.05, 4.69) is 15.1 Å². The molecule has 5 aromatic rings. The van der Waals surface area contributed by atoms with Crippen molar-refractivity contribution in [2.24, 2.45) is 0 Å².